The van der Waals surface area contributed by atoms with E-state index < -0.39 is 10.3 Å². The number of nitro benzene ring substituents is 1. The number of non-ortho nitro benzene ring substituents is 1. The number of nitrogens with one attached hydrogen (secondary N) is 1. The maximum absolute atomic E-state index is 12.5. The van der Waals surface area contributed by atoms with Crippen LogP contribution in [0.1, 0.15) is 12.8 Å². The molecular formula is C13H16ClN3O4. The van der Waals surface area contributed by atoms with Gasteiger partial charge in [-0.2, -0.15) is 0 Å². The van der Waals surface area contributed by atoms with Gasteiger partial charge in [0, 0.05) is 31.9 Å². The van der Waals surface area contributed by atoms with E-state index in [9.17, 15) is 14.9 Å². The van der Waals surface area contributed by atoms with Gasteiger partial charge in [0.05, 0.1) is 21.0 Å². The SMILES string of the molecule is NCC1(C(=O)Nc2ccc([N+](=O)[O-])cc2Cl)CCOCC1. The minimum atomic E-state index is -0.677. The molecule has 1 aromatic carbocycles. The van der Waals surface area contributed by atoms with Crippen LogP contribution in [-0.4, -0.2) is 30.6 Å². The summed E-state index contributed by atoms with van der Waals surface area (Å²) in [6.45, 7) is 1.18. The second kappa shape index (κ2) is 6.38. The van der Waals surface area contributed by atoms with E-state index in [1.807, 2.05) is 0 Å². The molecule has 0 saturated carbocycles. The van der Waals surface area contributed by atoms with Crippen LogP contribution in [0.15, 0.2) is 18.2 Å². The monoisotopic (exact) mass is 313 g/mol. The molecule has 1 fully saturated rings. The normalized spacial score (nSPS) is 17.2. The first-order valence-electron chi connectivity index (χ1n) is 6.52. The quantitative estimate of drug-likeness (QED) is 0.652. The molecule has 1 aliphatic rings. The number of nitrogens with zero attached hydrogens (tertiary/aromatic N) is 1. The number of ether oxygens (including phenoxy) is 1. The molecule has 21 heavy (non-hydrogen) atoms. The highest BCUT2D eigenvalue weighted by Gasteiger charge is 2.39. The Balaban J connectivity index is 2.17. The van der Waals surface area contributed by atoms with Crippen molar-refractivity contribution in [2.45, 2.75) is 12.8 Å². The molecule has 0 bridgehead atoms. The third-order valence-corrected chi connectivity index (χ3v) is 4.05. The van der Waals surface area contributed by atoms with Crippen molar-refractivity contribution in [3.8, 4) is 0 Å². The number of rotatable bonds is 4. The van der Waals surface area contributed by atoms with Crippen molar-refractivity contribution in [2.24, 2.45) is 11.1 Å². The van der Waals surface area contributed by atoms with Crippen molar-refractivity contribution in [1.29, 1.82) is 0 Å². The number of carbonyl (C=O) groups is 1. The van der Waals surface area contributed by atoms with Gasteiger partial charge in [-0.1, -0.05) is 11.6 Å². The van der Waals surface area contributed by atoms with Crippen LogP contribution in [0.5, 0.6) is 0 Å². The summed E-state index contributed by atoms with van der Waals surface area (Å²) in [4.78, 5) is 22.6. The molecule has 0 unspecified atom stereocenters. The highest BCUT2D eigenvalue weighted by Crippen LogP contribution is 2.33. The second-order valence-corrected chi connectivity index (χ2v) is 5.38. The van der Waals surface area contributed by atoms with E-state index in [1.54, 1.807) is 0 Å². The Bertz CT molecular complexity index is 558. The molecule has 3 N–H and O–H groups in total. The van der Waals surface area contributed by atoms with E-state index in [0.29, 0.717) is 31.7 Å². The summed E-state index contributed by atoms with van der Waals surface area (Å²) in [5, 5.41) is 13.5. The zero-order valence-corrected chi connectivity index (χ0v) is 12.1. The molecule has 2 rings (SSSR count). The first-order valence-corrected chi connectivity index (χ1v) is 6.89. The summed E-state index contributed by atoms with van der Waals surface area (Å²) in [6, 6.07) is 3.92. The van der Waals surface area contributed by atoms with Crippen molar-refractivity contribution >= 4 is 28.9 Å². The van der Waals surface area contributed by atoms with Crippen molar-refractivity contribution in [1.82, 2.24) is 0 Å². The summed E-state index contributed by atoms with van der Waals surface area (Å²) in [6.07, 6.45) is 1.08. The highest BCUT2D eigenvalue weighted by atomic mass is 35.5. The molecule has 0 aromatic heterocycles. The van der Waals surface area contributed by atoms with Crippen LogP contribution in [0, 0.1) is 15.5 Å². The van der Waals surface area contributed by atoms with Gasteiger partial charge in [-0.3, -0.25) is 14.9 Å². The molecule has 7 nitrogen and oxygen atoms in total. The smallest absolute Gasteiger partial charge is 0.271 e. The third kappa shape index (κ3) is 3.31. The van der Waals surface area contributed by atoms with Gasteiger partial charge in [0.1, 0.15) is 0 Å². The standard InChI is InChI=1S/C13H16ClN3O4/c14-10-7-9(17(19)20)1-2-11(10)16-12(18)13(8-15)3-5-21-6-4-13/h1-2,7H,3-6,8,15H2,(H,16,18). The molecule has 1 aliphatic heterocycles. The Kier molecular flexibility index (Phi) is 4.76. The first kappa shape index (κ1) is 15.7. The lowest BCUT2D eigenvalue weighted by atomic mass is 9.79. The first-order chi connectivity index (χ1) is 9.98. The molecule has 0 aliphatic carbocycles. The average Bonchev–Trinajstić information content (AvgIpc) is 2.49. The molecule has 1 heterocycles. The Labute approximate surface area is 126 Å². The minimum Gasteiger partial charge on any atom is -0.381 e. The predicted octanol–water partition coefficient (Wildman–Crippen LogP) is 1.94. The fourth-order valence-corrected chi connectivity index (χ4v) is 2.48. The maximum atomic E-state index is 12.5. The zero-order chi connectivity index (χ0) is 15.5. The number of hydrogen-bond donors (Lipinski definition) is 2. The fraction of sp³-hybridized carbons (Fsp3) is 0.462. The molecule has 8 heteroatoms. The molecule has 1 saturated heterocycles. The van der Waals surface area contributed by atoms with Crippen LogP contribution in [0.25, 0.3) is 0 Å². The largest absolute Gasteiger partial charge is 0.381 e. The van der Waals surface area contributed by atoms with Crippen LogP contribution in [0.2, 0.25) is 5.02 Å². The number of halogens is 1. The summed E-state index contributed by atoms with van der Waals surface area (Å²) in [7, 11) is 0. The minimum absolute atomic E-state index is 0.122. The van der Waals surface area contributed by atoms with Crippen LogP contribution in [0.4, 0.5) is 11.4 Å². The molecule has 0 atom stereocenters. The second-order valence-electron chi connectivity index (χ2n) is 4.97. The topological polar surface area (TPSA) is 107 Å². The van der Waals surface area contributed by atoms with E-state index in [1.165, 1.54) is 18.2 Å². The van der Waals surface area contributed by atoms with Crippen LogP contribution >= 0.6 is 11.6 Å². The zero-order valence-electron chi connectivity index (χ0n) is 11.3. The highest BCUT2D eigenvalue weighted by molar-refractivity contribution is 6.34. The summed E-state index contributed by atoms with van der Waals surface area (Å²) in [5.41, 5.74) is 5.29. The van der Waals surface area contributed by atoms with Crippen LogP contribution < -0.4 is 11.1 Å². The van der Waals surface area contributed by atoms with Gasteiger partial charge in [0.25, 0.3) is 5.69 Å². The number of nitro groups is 1. The van der Waals surface area contributed by atoms with E-state index in [4.69, 9.17) is 22.1 Å². The molecule has 114 valence electrons. The predicted molar refractivity (Wildman–Crippen MR) is 78.3 cm³/mol. The van der Waals surface area contributed by atoms with Crippen molar-refractivity contribution in [3.05, 3.63) is 33.3 Å². The molecule has 1 aromatic rings. The number of carbonyl (C=O) groups excluding carboxylic acids is 1. The van der Waals surface area contributed by atoms with Crippen LogP contribution in [-0.2, 0) is 9.53 Å². The van der Waals surface area contributed by atoms with E-state index in [-0.39, 0.29) is 23.2 Å². The Morgan fingerprint density at radius 2 is 2.14 bits per heavy atom. The number of amides is 1. The molecule has 0 radical (unpaired) electrons. The van der Waals surface area contributed by atoms with Gasteiger partial charge in [0.2, 0.25) is 5.91 Å². The Hall–Kier alpha value is -1.70. The number of anilines is 1. The van der Waals surface area contributed by atoms with E-state index in [0.717, 1.165) is 0 Å². The fourth-order valence-electron chi connectivity index (χ4n) is 2.26. The molecule has 0 spiro atoms. The summed E-state index contributed by atoms with van der Waals surface area (Å²) >= 11 is 5.97. The number of hydrogen-bond acceptors (Lipinski definition) is 5. The van der Waals surface area contributed by atoms with E-state index >= 15 is 0 Å². The summed E-state index contributed by atoms with van der Waals surface area (Å²) < 4.78 is 5.26. The van der Waals surface area contributed by atoms with Crippen molar-refractivity contribution in [2.75, 3.05) is 25.1 Å². The van der Waals surface area contributed by atoms with Gasteiger partial charge in [0.15, 0.2) is 0 Å². The van der Waals surface area contributed by atoms with Gasteiger partial charge in [-0.05, 0) is 18.9 Å². The number of benzene rings is 1. The van der Waals surface area contributed by atoms with Crippen molar-refractivity contribution < 1.29 is 14.5 Å². The van der Waals surface area contributed by atoms with Gasteiger partial charge < -0.3 is 15.8 Å². The lowest BCUT2D eigenvalue weighted by molar-refractivity contribution is -0.384. The third-order valence-electron chi connectivity index (χ3n) is 3.73. The maximum Gasteiger partial charge on any atom is 0.271 e. The molecular weight excluding hydrogens is 298 g/mol. The van der Waals surface area contributed by atoms with Crippen molar-refractivity contribution in [3.63, 3.8) is 0 Å². The Morgan fingerprint density at radius 3 is 2.67 bits per heavy atom. The van der Waals surface area contributed by atoms with Gasteiger partial charge in [-0.15, -0.1) is 0 Å². The van der Waals surface area contributed by atoms with E-state index in [2.05, 4.69) is 5.32 Å². The lowest BCUT2D eigenvalue weighted by Gasteiger charge is -2.34. The number of nitrogens with two attached hydrogens (primary N) is 1. The summed E-state index contributed by atoms with van der Waals surface area (Å²) in [5.74, 6) is -0.232. The Morgan fingerprint density at radius 1 is 1.48 bits per heavy atom. The van der Waals surface area contributed by atoms with Crippen LogP contribution in [0.3, 0.4) is 0 Å². The molecule has 1 amide bonds. The average molecular weight is 314 g/mol. The van der Waals surface area contributed by atoms with Gasteiger partial charge in [-0.25, -0.2) is 0 Å². The van der Waals surface area contributed by atoms with Gasteiger partial charge >= 0.3 is 0 Å². The lowest BCUT2D eigenvalue weighted by Crippen LogP contribution is -2.46.